The Kier molecular flexibility index (Phi) is 10.5. The molecule has 1 aliphatic rings. The zero-order valence-electron chi connectivity index (χ0n) is 20.6. The first-order valence-electron chi connectivity index (χ1n) is 12.3. The third-order valence-electron chi connectivity index (χ3n) is 5.95. The molecule has 0 aliphatic carbocycles. The average Bonchev–Trinajstić information content (AvgIpc) is 2.91. The molecule has 2 aromatic rings. The third-order valence-corrected chi connectivity index (χ3v) is 7.40. The Morgan fingerprint density at radius 2 is 1.64 bits per heavy atom. The molecule has 36 heavy (non-hydrogen) atoms. The van der Waals surface area contributed by atoms with E-state index < -0.39 is 21.9 Å². The number of hydrogen-bond donors (Lipinski definition) is 2. The van der Waals surface area contributed by atoms with Gasteiger partial charge in [0.05, 0.1) is 18.1 Å². The van der Waals surface area contributed by atoms with Crippen LogP contribution in [0.2, 0.25) is 0 Å². The first kappa shape index (κ1) is 27.4. The highest BCUT2D eigenvalue weighted by Crippen LogP contribution is 2.13. The van der Waals surface area contributed by atoms with E-state index in [1.165, 1.54) is 18.2 Å². The number of urea groups is 1. The van der Waals surface area contributed by atoms with Gasteiger partial charge in [0, 0.05) is 31.0 Å². The molecular formula is C27H35N3O5S. The fraction of sp³-hybridized carbons (Fsp3) is 0.407. The number of sulfone groups is 1. The number of amides is 3. The molecule has 0 saturated carbocycles. The highest BCUT2D eigenvalue weighted by molar-refractivity contribution is 7.94. The van der Waals surface area contributed by atoms with Gasteiger partial charge in [-0.05, 0) is 24.1 Å². The summed E-state index contributed by atoms with van der Waals surface area (Å²) in [7, 11) is -3.64. The van der Waals surface area contributed by atoms with Crippen LogP contribution in [0.3, 0.4) is 0 Å². The summed E-state index contributed by atoms with van der Waals surface area (Å²) in [6.07, 6.45) is 4.13. The van der Waals surface area contributed by atoms with E-state index in [2.05, 4.69) is 10.6 Å². The molecule has 2 atom stereocenters. The molecule has 1 fully saturated rings. The Labute approximate surface area is 213 Å². The third kappa shape index (κ3) is 8.49. The number of rotatable bonds is 11. The number of ether oxygens (including phenoxy) is 1. The van der Waals surface area contributed by atoms with Gasteiger partial charge in [-0.3, -0.25) is 4.79 Å². The van der Waals surface area contributed by atoms with Crippen LogP contribution in [-0.4, -0.2) is 63.6 Å². The van der Waals surface area contributed by atoms with Gasteiger partial charge in [0.1, 0.15) is 6.04 Å². The molecule has 2 N–H and O–H groups in total. The van der Waals surface area contributed by atoms with Crippen molar-refractivity contribution in [3.05, 3.63) is 77.7 Å². The predicted octanol–water partition coefficient (Wildman–Crippen LogP) is 3.30. The van der Waals surface area contributed by atoms with E-state index in [0.29, 0.717) is 39.1 Å². The van der Waals surface area contributed by atoms with Crippen molar-refractivity contribution >= 4 is 21.8 Å². The predicted molar refractivity (Wildman–Crippen MR) is 139 cm³/mol. The number of nitrogens with zero attached hydrogens (tertiary/aromatic N) is 1. The van der Waals surface area contributed by atoms with Crippen LogP contribution in [0.1, 0.15) is 31.7 Å². The van der Waals surface area contributed by atoms with Gasteiger partial charge in [-0.2, -0.15) is 0 Å². The lowest BCUT2D eigenvalue weighted by molar-refractivity contribution is -0.123. The maximum absolute atomic E-state index is 13.4. The van der Waals surface area contributed by atoms with Gasteiger partial charge in [-0.15, -0.1) is 0 Å². The van der Waals surface area contributed by atoms with Crippen molar-refractivity contribution in [3.8, 4) is 0 Å². The standard InChI is InChI=1S/C27H35N3O5S/c1-2-3-12-23(15-20-36(33,34)24-13-8-5-9-14-24)28-26(31)25(21-22-10-6-4-7-11-22)29-27(32)30-16-18-35-19-17-30/h4-11,13-15,20,23,25H,2-3,12,16-19,21H2,1H3,(H,28,31)(H,29,32)/b20-15+/t23-,25?/m0/s1. The van der Waals surface area contributed by atoms with Crippen LogP contribution >= 0.6 is 0 Å². The van der Waals surface area contributed by atoms with Gasteiger partial charge in [-0.1, -0.05) is 74.4 Å². The summed E-state index contributed by atoms with van der Waals surface area (Å²) in [6.45, 7) is 3.88. The first-order chi connectivity index (χ1) is 17.4. The van der Waals surface area contributed by atoms with Crippen molar-refractivity contribution in [1.82, 2.24) is 15.5 Å². The van der Waals surface area contributed by atoms with Crippen LogP contribution in [-0.2, 0) is 25.8 Å². The maximum Gasteiger partial charge on any atom is 0.318 e. The lowest BCUT2D eigenvalue weighted by Crippen LogP contribution is -2.55. The fourth-order valence-corrected chi connectivity index (χ4v) is 4.97. The van der Waals surface area contributed by atoms with E-state index in [4.69, 9.17) is 4.74 Å². The van der Waals surface area contributed by atoms with Gasteiger partial charge in [0.15, 0.2) is 9.84 Å². The summed E-state index contributed by atoms with van der Waals surface area (Å²) < 4.78 is 30.8. The topological polar surface area (TPSA) is 105 Å². The Bertz CT molecular complexity index is 1100. The van der Waals surface area contributed by atoms with Crippen molar-refractivity contribution in [2.24, 2.45) is 0 Å². The summed E-state index contributed by atoms with van der Waals surface area (Å²) >= 11 is 0. The van der Waals surface area contributed by atoms with Crippen LogP contribution in [0.4, 0.5) is 4.79 Å². The molecule has 0 aromatic heterocycles. The molecule has 0 spiro atoms. The van der Waals surface area contributed by atoms with Crippen LogP contribution in [0, 0.1) is 0 Å². The Morgan fingerprint density at radius 1 is 1.00 bits per heavy atom. The molecule has 1 unspecified atom stereocenters. The molecule has 1 heterocycles. The summed E-state index contributed by atoms with van der Waals surface area (Å²) in [5, 5.41) is 6.98. The van der Waals surface area contributed by atoms with Crippen molar-refractivity contribution in [3.63, 3.8) is 0 Å². The molecule has 9 heteroatoms. The molecule has 0 radical (unpaired) electrons. The smallest absolute Gasteiger partial charge is 0.318 e. The van der Waals surface area contributed by atoms with E-state index in [1.807, 2.05) is 37.3 Å². The van der Waals surface area contributed by atoms with Gasteiger partial charge in [0.2, 0.25) is 5.91 Å². The Morgan fingerprint density at radius 3 is 2.28 bits per heavy atom. The molecule has 8 nitrogen and oxygen atoms in total. The van der Waals surface area contributed by atoms with Crippen molar-refractivity contribution in [2.45, 2.75) is 49.6 Å². The van der Waals surface area contributed by atoms with Crippen molar-refractivity contribution in [1.29, 1.82) is 0 Å². The number of morpholine rings is 1. The molecule has 194 valence electrons. The average molecular weight is 514 g/mol. The Balaban J connectivity index is 1.75. The van der Waals surface area contributed by atoms with Crippen LogP contribution in [0.5, 0.6) is 0 Å². The first-order valence-corrected chi connectivity index (χ1v) is 13.9. The minimum absolute atomic E-state index is 0.196. The number of unbranched alkanes of at least 4 members (excludes halogenated alkanes) is 1. The highest BCUT2D eigenvalue weighted by atomic mass is 32.2. The Hall–Kier alpha value is -3.17. The van der Waals surface area contributed by atoms with Gasteiger partial charge in [0.25, 0.3) is 0 Å². The second kappa shape index (κ2) is 13.8. The molecule has 3 rings (SSSR count). The number of carbonyl (C=O) groups excluding carboxylic acids is 2. The fourth-order valence-electron chi connectivity index (χ4n) is 3.88. The minimum atomic E-state index is -3.64. The monoisotopic (exact) mass is 513 g/mol. The van der Waals surface area contributed by atoms with E-state index in [1.54, 1.807) is 23.1 Å². The van der Waals surface area contributed by atoms with Crippen LogP contribution < -0.4 is 10.6 Å². The molecule has 3 amide bonds. The summed E-state index contributed by atoms with van der Waals surface area (Å²) in [5.41, 5.74) is 0.909. The lowest BCUT2D eigenvalue weighted by Gasteiger charge is -2.29. The zero-order chi connectivity index (χ0) is 25.8. The zero-order valence-corrected chi connectivity index (χ0v) is 21.5. The lowest BCUT2D eigenvalue weighted by atomic mass is 10.0. The quantitative estimate of drug-likeness (QED) is 0.480. The normalized spacial score (nSPS) is 15.9. The highest BCUT2D eigenvalue weighted by Gasteiger charge is 2.26. The molecule has 1 saturated heterocycles. The van der Waals surface area contributed by atoms with Gasteiger partial charge < -0.3 is 20.3 Å². The van der Waals surface area contributed by atoms with Crippen molar-refractivity contribution < 1.29 is 22.7 Å². The summed E-state index contributed by atoms with van der Waals surface area (Å²) in [4.78, 5) is 28.1. The van der Waals surface area contributed by atoms with E-state index in [9.17, 15) is 18.0 Å². The second-order valence-electron chi connectivity index (χ2n) is 8.74. The van der Waals surface area contributed by atoms with E-state index in [0.717, 1.165) is 23.8 Å². The van der Waals surface area contributed by atoms with Crippen molar-refractivity contribution in [2.75, 3.05) is 26.3 Å². The SMILES string of the molecule is CCCC[C@@H](/C=C/S(=O)(=O)c1ccccc1)NC(=O)C(Cc1ccccc1)NC(=O)N1CCOCC1. The summed E-state index contributed by atoms with van der Waals surface area (Å²) in [6, 6.07) is 16.0. The number of carbonyl (C=O) groups is 2. The minimum Gasteiger partial charge on any atom is -0.378 e. The molecule has 2 aromatic carbocycles. The van der Waals surface area contributed by atoms with E-state index >= 15 is 0 Å². The second-order valence-corrected chi connectivity index (χ2v) is 10.6. The van der Waals surface area contributed by atoms with Crippen LogP contribution in [0.25, 0.3) is 0 Å². The largest absolute Gasteiger partial charge is 0.378 e. The van der Waals surface area contributed by atoms with Gasteiger partial charge in [-0.25, -0.2) is 13.2 Å². The van der Waals surface area contributed by atoms with Crippen LogP contribution in [0.15, 0.2) is 77.0 Å². The maximum atomic E-state index is 13.4. The molecule has 1 aliphatic heterocycles. The van der Waals surface area contributed by atoms with Gasteiger partial charge >= 0.3 is 6.03 Å². The summed E-state index contributed by atoms with van der Waals surface area (Å²) in [5.74, 6) is -0.358. The molecular weight excluding hydrogens is 478 g/mol. The van der Waals surface area contributed by atoms with E-state index in [-0.39, 0.29) is 16.8 Å². The number of hydrogen-bond acceptors (Lipinski definition) is 5. The molecule has 0 bridgehead atoms. The number of benzene rings is 2. The number of nitrogens with one attached hydrogen (secondary N) is 2.